The van der Waals surface area contributed by atoms with Crippen LogP contribution in [-0.2, 0) is 0 Å². The van der Waals surface area contributed by atoms with E-state index in [0.717, 1.165) is 64.5 Å². The third-order valence-electron chi connectivity index (χ3n) is 8.58. The van der Waals surface area contributed by atoms with Crippen molar-refractivity contribution in [2.24, 2.45) is 0 Å². The summed E-state index contributed by atoms with van der Waals surface area (Å²) in [5.74, 6) is 1.51. The van der Waals surface area contributed by atoms with E-state index < -0.39 is 0 Å². The van der Waals surface area contributed by atoms with Crippen LogP contribution in [0.25, 0.3) is 87.8 Å². The summed E-state index contributed by atoms with van der Waals surface area (Å²) >= 11 is 1.69. The molecule has 0 aliphatic carbocycles. The summed E-state index contributed by atoms with van der Waals surface area (Å²) in [4.78, 5) is 29.2. The number of benzene rings is 4. The number of para-hydroxylation sites is 3. The maximum absolute atomic E-state index is 5.14. The van der Waals surface area contributed by atoms with Crippen LogP contribution >= 0.6 is 11.3 Å². The summed E-state index contributed by atoms with van der Waals surface area (Å²) in [7, 11) is 0. The first-order valence-electron chi connectivity index (χ1n) is 15.2. The van der Waals surface area contributed by atoms with Gasteiger partial charge in [-0.25, -0.2) is 9.97 Å². The molecule has 0 saturated carbocycles. The van der Waals surface area contributed by atoms with Gasteiger partial charge in [0.15, 0.2) is 16.8 Å². The molecule has 6 aromatic heterocycles. The molecule has 0 fully saturated rings. The van der Waals surface area contributed by atoms with E-state index in [-0.39, 0.29) is 0 Å². The largest absolute Gasteiger partial charge is 0.283 e. The normalized spacial score (nSPS) is 11.8. The molecule has 8 nitrogen and oxygen atoms in total. The van der Waals surface area contributed by atoms with Crippen LogP contribution in [0.5, 0.6) is 0 Å². The Labute approximate surface area is 271 Å². The Kier molecular flexibility index (Phi) is 5.57. The van der Waals surface area contributed by atoms with Crippen molar-refractivity contribution in [3.8, 4) is 34.0 Å². The molecule has 0 spiro atoms. The third-order valence-corrected chi connectivity index (χ3v) is 9.60. The highest BCUT2D eigenvalue weighted by molar-refractivity contribution is 7.20. The van der Waals surface area contributed by atoms with Crippen molar-refractivity contribution in [2.45, 2.75) is 0 Å². The zero-order valence-corrected chi connectivity index (χ0v) is 25.5. The molecule has 0 radical (unpaired) electrons. The Balaban J connectivity index is 1.39. The third kappa shape index (κ3) is 3.93. The lowest BCUT2D eigenvalue weighted by atomic mass is 10.1. The van der Waals surface area contributed by atoms with E-state index in [2.05, 4.69) is 98.0 Å². The highest BCUT2D eigenvalue weighted by Crippen LogP contribution is 2.42. The van der Waals surface area contributed by atoms with E-state index in [0.29, 0.717) is 23.3 Å². The van der Waals surface area contributed by atoms with E-state index in [1.54, 1.807) is 29.9 Å². The predicted octanol–water partition coefficient (Wildman–Crippen LogP) is 8.80. The standard InChI is InChI=1S/C38H22N8S/c1-4-15-30-24(11-1)26-18-19-27-25-12-2-5-16-31(25)46(38-41-28-13-3-6-17-32(28)47-38)34(27)33(26)45(30)37-43-35(23-10-9-20-39-22-23)42-36(44-37)29-14-7-8-21-40-29/h1-22H. The van der Waals surface area contributed by atoms with E-state index in [1.165, 1.54) is 0 Å². The summed E-state index contributed by atoms with van der Waals surface area (Å²) < 4.78 is 5.61. The average molecular weight is 623 g/mol. The van der Waals surface area contributed by atoms with Gasteiger partial charge in [-0.1, -0.05) is 78.1 Å². The van der Waals surface area contributed by atoms with Crippen molar-refractivity contribution in [3.63, 3.8) is 0 Å². The van der Waals surface area contributed by atoms with Gasteiger partial charge < -0.3 is 0 Å². The van der Waals surface area contributed by atoms with Gasteiger partial charge in [0.05, 0.1) is 32.3 Å². The highest BCUT2D eigenvalue weighted by Gasteiger charge is 2.24. The maximum Gasteiger partial charge on any atom is 0.238 e. The van der Waals surface area contributed by atoms with Crippen LogP contribution in [0.15, 0.2) is 134 Å². The number of hydrogen-bond acceptors (Lipinski definition) is 7. The summed E-state index contributed by atoms with van der Waals surface area (Å²) in [6.45, 7) is 0. The molecule has 0 unspecified atom stereocenters. The molecule has 10 rings (SSSR count). The lowest BCUT2D eigenvalue weighted by molar-refractivity contribution is 0.947. The summed E-state index contributed by atoms with van der Waals surface area (Å²) in [6.07, 6.45) is 5.27. The first kappa shape index (κ1) is 26.0. The zero-order valence-electron chi connectivity index (χ0n) is 24.7. The molecule has 0 saturated heterocycles. The van der Waals surface area contributed by atoms with Gasteiger partial charge >= 0.3 is 0 Å². The minimum absolute atomic E-state index is 0.485. The molecule has 0 atom stereocenters. The monoisotopic (exact) mass is 622 g/mol. The van der Waals surface area contributed by atoms with Crippen LogP contribution in [0.2, 0.25) is 0 Å². The second kappa shape index (κ2) is 10.1. The van der Waals surface area contributed by atoms with E-state index >= 15 is 0 Å². The smallest absolute Gasteiger partial charge is 0.238 e. The van der Waals surface area contributed by atoms with Crippen molar-refractivity contribution in [3.05, 3.63) is 134 Å². The molecule has 0 bridgehead atoms. The van der Waals surface area contributed by atoms with Gasteiger partial charge in [-0.3, -0.25) is 19.1 Å². The molecular weight excluding hydrogens is 601 g/mol. The topological polar surface area (TPSA) is 87.2 Å². The Bertz CT molecular complexity index is 2710. The zero-order chi connectivity index (χ0) is 30.9. The fraction of sp³-hybridized carbons (Fsp3) is 0. The van der Waals surface area contributed by atoms with Gasteiger partial charge in [-0.2, -0.15) is 9.97 Å². The van der Waals surface area contributed by atoms with Gasteiger partial charge in [-0.15, -0.1) is 0 Å². The van der Waals surface area contributed by atoms with Crippen LogP contribution < -0.4 is 0 Å². The predicted molar refractivity (Wildman–Crippen MR) is 188 cm³/mol. The lowest BCUT2D eigenvalue weighted by Crippen LogP contribution is -2.07. The molecule has 6 heterocycles. The summed E-state index contributed by atoms with van der Waals surface area (Å²) in [6, 6.07) is 39.3. The van der Waals surface area contributed by atoms with Crippen molar-refractivity contribution >= 4 is 65.2 Å². The van der Waals surface area contributed by atoms with Gasteiger partial charge in [0.25, 0.3) is 0 Å². The maximum atomic E-state index is 5.14. The molecule has 47 heavy (non-hydrogen) atoms. The summed E-state index contributed by atoms with van der Waals surface area (Å²) in [5, 5.41) is 5.39. The SMILES string of the molecule is c1ccc(-c2nc(-c3cccnc3)nc(-n3c4ccccc4c4ccc5c6ccccc6n(-c6nc7ccccc7s6)c5c43)n2)nc1. The fourth-order valence-corrected chi connectivity index (χ4v) is 7.55. The van der Waals surface area contributed by atoms with Gasteiger partial charge in [0.1, 0.15) is 5.69 Å². The van der Waals surface area contributed by atoms with Crippen LogP contribution in [0.4, 0.5) is 0 Å². The Hall–Kier alpha value is -6.32. The Morgan fingerprint density at radius 1 is 0.511 bits per heavy atom. The van der Waals surface area contributed by atoms with Crippen molar-refractivity contribution in [2.75, 3.05) is 0 Å². The first-order valence-corrected chi connectivity index (χ1v) is 16.0. The van der Waals surface area contributed by atoms with Crippen LogP contribution in [0.1, 0.15) is 0 Å². The van der Waals surface area contributed by atoms with Gasteiger partial charge in [-0.05, 0) is 48.5 Å². The van der Waals surface area contributed by atoms with Crippen LogP contribution in [0.3, 0.4) is 0 Å². The second-order valence-electron chi connectivity index (χ2n) is 11.3. The minimum atomic E-state index is 0.485. The molecule has 0 aliphatic heterocycles. The Morgan fingerprint density at radius 3 is 1.96 bits per heavy atom. The number of aromatic nitrogens is 8. The van der Waals surface area contributed by atoms with Crippen LogP contribution in [-0.4, -0.2) is 39.0 Å². The Morgan fingerprint density at radius 2 is 1.21 bits per heavy atom. The fourth-order valence-electron chi connectivity index (χ4n) is 6.56. The molecule has 0 aliphatic rings. The van der Waals surface area contributed by atoms with Crippen molar-refractivity contribution in [1.82, 2.24) is 39.0 Å². The molecule has 0 amide bonds. The first-order chi connectivity index (χ1) is 23.3. The van der Waals surface area contributed by atoms with Gasteiger partial charge in [0, 0.05) is 45.7 Å². The highest BCUT2D eigenvalue weighted by atomic mass is 32.1. The number of nitrogens with zero attached hydrogens (tertiary/aromatic N) is 8. The molecule has 4 aromatic carbocycles. The van der Waals surface area contributed by atoms with Crippen LogP contribution in [0, 0.1) is 0 Å². The molecular formula is C38H22N8S. The average Bonchev–Trinajstić information content (AvgIpc) is 3.82. The van der Waals surface area contributed by atoms with E-state index in [9.17, 15) is 0 Å². The number of pyridine rings is 2. The number of fused-ring (bicyclic) bond motifs is 8. The van der Waals surface area contributed by atoms with E-state index in [1.807, 2.05) is 36.4 Å². The number of rotatable bonds is 4. The summed E-state index contributed by atoms with van der Waals surface area (Å²) in [5.41, 5.74) is 6.55. The van der Waals surface area contributed by atoms with Crippen molar-refractivity contribution in [1.29, 1.82) is 0 Å². The molecule has 220 valence electrons. The lowest BCUT2D eigenvalue weighted by Gasteiger charge is -2.12. The molecule has 10 aromatic rings. The molecule has 9 heteroatoms. The number of thiazole rings is 1. The van der Waals surface area contributed by atoms with Crippen molar-refractivity contribution < 1.29 is 0 Å². The van der Waals surface area contributed by atoms with Gasteiger partial charge in [0.2, 0.25) is 5.95 Å². The second-order valence-corrected chi connectivity index (χ2v) is 12.3. The minimum Gasteiger partial charge on any atom is -0.283 e. The van der Waals surface area contributed by atoms with E-state index in [4.69, 9.17) is 19.9 Å². The molecule has 0 N–H and O–H groups in total. The number of hydrogen-bond donors (Lipinski definition) is 0. The quantitative estimate of drug-likeness (QED) is 0.195.